The molecule has 2 nitrogen and oxygen atoms in total. The van der Waals surface area contributed by atoms with Gasteiger partial charge in [0.15, 0.2) is 0 Å². The van der Waals surface area contributed by atoms with Gasteiger partial charge in [-0.2, -0.15) is 0 Å². The minimum atomic E-state index is -0.250. The predicted octanol–water partition coefficient (Wildman–Crippen LogP) is 3.03. The summed E-state index contributed by atoms with van der Waals surface area (Å²) in [6.45, 7) is 2.66. The van der Waals surface area contributed by atoms with Gasteiger partial charge in [-0.25, -0.2) is 0 Å². The van der Waals surface area contributed by atoms with Crippen LogP contribution >= 0.6 is 23.2 Å². The third-order valence-electron chi connectivity index (χ3n) is 3.42. The molecule has 1 aliphatic heterocycles. The molecule has 1 N–H and O–H groups in total. The Morgan fingerprint density at radius 1 is 1.35 bits per heavy atom. The van der Waals surface area contributed by atoms with Crippen molar-refractivity contribution in [3.63, 3.8) is 0 Å². The number of ether oxygens (including phenoxy) is 1. The highest BCUT2D eigenvalue weighted by Crippen LogP contribution is 2.32. The van der Waals surface area contributed by atoms with Gasteiger partial charge in [0, 0.05) is 16.0 Å². The SMILES string of the molecule is C[C@H]1BC[C@@H](O)[C@@H]1COc1cc(Cl)cc(Cl)c1. The first-order chi connectivity index (χ1) is 8.06. The number of hydrogen-bond acceptors (Lipinski definition) is 2. The van der Waals surface area contributed by atoms with E-state index in [1.165, 1.54) is 0 Å². The third-order valence-corrected chi connectivity index (χ3v) is 3.86. The van der Waals surface area contributed by atoms with E-state index in [-0.39, 0.29) is 12.0 Å². The Kier molecular flexibility index (Phi) is 4.24. The molecular weight excluding hydrogens is 258 g/mol. The van der Waals surface area contributed by atoms with E-state index >= 15 is 0 Å². The standard InChI is InChI=1S/C12H15BCl2O2/c1-7-11(12(16)5-13-7)6-17-10-3-8(14)2-9(15)4-10/h2-4,7,11-13,16H,5-6H2,1H3/t7-,11-,12-/m1/s1. The van der Waals surface area contributed by atoms with E-state index < -0.39 is 0 Å². The highest BCUT2D eigenvalue weighted by atomic mass is 35.5. The number of aliphatic hydroxyl groups excluding tert-OH is 1. The lowest BCUT2D eigenvalue weighted by molar-refractivity contribution is 0.0991. The van der Waals surface area contributed by atoms with E-state index in [2.05, 4.69) is 6.92 Å². The smallest absolute Gasteiger partial charge is 0.127 e. The Morgan fingerprint density at radius 2 is 2.00 bits per heavy atom. The number of rotatable bonds is 3. The minimum absolute atomic E-state index is 0.202. The van der Waals surface area contributed by atoms with Crippen molar-refractivity contribution in [1.82, 2.24) is 0 Å². The molecule has 0 radical (unpaired) electrons. The first-order valence-corrected chi connectivity index (χ1v) is 6.59. The lowest BCUT2D eigenvalue weighted by Gasteiger charge is -2.20. The Labute approximate surface area is 112 Å². The minimum Gasteiger partial charge on any atom is -0.493 e. The zero-order chi connectivity index (χ0) is 12.4. The first kappa shape index (κ1) is 13.1. The Bertz CT molecular complexity index is 370. The van der Waals surface area contributed by atoms with Crippen LogP contribution in [0.4, 0.5) is 0 Å². The monoisotopic (exact) mass is 272 g/mol. The Morgan fingerprint density at radius 3 is 2.53 bits per heavy atom. The van der Waals surface area contributed by atoms with Gasteiger partial charge in [-0.3, -0.25) is 0 Å². The van der Waals surface area contributed by atoms with E-state index in [0.29, 0.717) is 28.2 Å². The zero-order valence-corrected chi connectivity index (χ0v) is 11.2. The molecule has 0 unspecified atom stereocenters. The maximum atomic E-state index is 9.81. The van der Waals surface area contributed by atoms with Crippen molar-refractivity contribution in [2.75, 3.05) is 6.61 Å². The summed E-state index contributed by atoms with van der Waals surface area (Å²) in [6, 6.07) is 5.14. The first-order valence-electron chi connectivity index (χ1n) is 5.83. The van der Waals surface area contributed by atoms with Crippen LogP contribution in [-0.2, 0) is 0 Å². The molecule has 1 heterocycles. The van der Waals surface area contributed by atoms with Gasteiger partial charge >= 0.3 is 0 Å². The summed E-state index contributed by atoms with van der Waals surface area (Å²) >= 11 is 11.8. The second-order valence-corrected chi connectivity index (χ2v) is 5.57. The van der Waals surface area contributed by atoms with Crippen LogP contribution in [-0.4, -0.2) is 25.1 Å². The van der Waals surface area contributed by atoms with Crippen LogP contribution < -0.4 is 4.74 Å². The van der Waals surface area contributed by atoms with E-state index in [4.69, 9.17) is 27.9 Å². The average Bonchev–Trinajstić information content (AvgIpc) is 2.55. The van der Waals surface area contributed by atoms with Gasteiger partial charge in [0.2, 0.25) is 0 Å². The van der Waals surface area contributed by atoms with Gasteiger partial charge in [-0.1, -0.05) is 42.3 Å². The molecule has 1 aromatic carbocycles. The van der Waals surface area contributed by atoms with Crippen molar-refractivity contribution >= 4 is 30.5 Å². The number of aliphatic hydroxyl groups is 1. The highest BCUT2D eigenvalue weighted by molar-refractivity contribution is 6.39. The molecule has 2 rings (SSSR count). The topological polar surface area (TPSA) is 29.5 Å². The van der Waals surface area contributed by atoms with Gasteiger partial charge < -0.3 is 9.84 Å². The fraction of sp³-hybridized carbons (Fsp3) is 0.500. The molecule has 1 aromatic rings. The summed E-state index contributed by atoms with van der Waals surface area (Å²) < 4.78 is 5.66. The number of hydrogen-bond donors (Lipinski definition) is 1. The molecule has 0 bridgehead atoms. The van der Waals surface area contributed by atoms with Gasteiger partial charge in [0.25, 0.3) is 0 Å². The largest absolute Gasteiger partial charge is 0.493 e. The van der Waals surface area contributed by atoms with Gasteiger partial charge in [-0.15, -0.1) is 0 Å². The maximum absolute atomic E-state index is 9.81. The molecule has 92 valence electrons. The van der Waals surface area contributed by atoms with Gasteiger partial charge in [0.05, 0.1) is 12.7 Å². The molecule has 17 heavy (non-hydrogen) atoms. The van der Waals surface area contributed by atoms with Crippen molar-refractivity contribution in [2.45, 2.75) is 25.2 Å². The van der Waals surface area contributed by atoms with E-state index in [0.717, 1.165) is 13.6 Å². The van der Waals surface area contributed by atoms with Crippen LogP contribution in [0.5, 0.6) is 5.75 Å². The van der Waals surface area contributed by atoms with Gasteiger partial charge in [0.1, 0.15) is 13.0 Å². The lowest BCUT2D eigenvalue weighted by atomic mass is 9.67. The molecule has 0 aromatic heterocycles. The molecule has 5 heteroatoms. The van der Waals surface area contributed by atoms with Crippen LogP contribution in [0, 0.1) is 5.92 Å². The second-order valence-electron chi connectivity index (χ2n) is 4.70. The van der Waals surface area contributed by atoms with Crippen molar-refractivity contribution in [1.29, 1.82) is 0 Å². The van der Waals surface area contributed by atoms with E-state index in [9.17, 15) is 5.11 Å². The summed E-state index contributed by atoms with van der Waals surface area (Å²) in [5, 5.41) is 10.9. The molecule has 1 fully saturated rings. The third kappa shape index (κ3) is 3.31. The quantitative estimate of drug-likeness (QED) is 0.858. The molecule has 0 spiro atoms. The number of halogens is 2. The van der Waals surface area contributed by atoms with Crippen LogP contribution in [0.3, 0.4) is 0 Å². The molecule has 0 aliphatic carbocycles. The van der Waals surface area contributed by atoms with Crippen LogP contribution in [0.2, 0.25) is 22.2 Å². The molecule has 0 saturated carbocycles. The fourth-order valence-corrected chi connectivity index (χ4v) is 2.83. The molecule has 0 amide bonds. The van der Waals surface area contributed by atoms with Crippen molar-refractivity contribution in [2.24, 2.45) is 5.92 Å². The van der Waals surface area contributed by atoms with Gasteiger partial charge in [-0.05, 0) is 18.2 Å². The molecular formula is C12H15BCl2O2. The van der Waals surface area contributed by atoms with Crippen LogP contribution in [0.1, 0.15) is 6.92 Å². The fourth-order valence-electron chi connectivity index (χ4n) is 2.32. The molecule has 1 saturated heterocycles. The second kappa shape index (κ2) is 5.51. The summed E-state index contributed by atoms with van der Waals surface area (Å²) in [4.78, 5) is 0. The van der Waals surface area contributed by atoms with Crippen LogP contribution in [0.15, 0.2) is 18.2 Å². The van der Waals surface area contributed by atoms with Crippen molar-refractivity contribution in [3.8, 4) is 5.75 Å². The molecule has 1 aliphatic rings. The summed E-state index contributed by atoms with van der Waals surface area (Å²) in [5.74, 6) is 1.36. The summed E-state index contributed by atoms with van der Waals surface area (Å²) in [7, 11) is 1.06. The van der Waals surface area contributed by atoms with Crippen molar-refractivity contribution in [3.05, 3.63) is 28.2 Å². The number of benzene rings is 1. The van der Waals surface area contributed by atoms with E-state index in [1.54, 1.807) is 18.2 Å². The van der Waals surface area contributed by atoms with E-state index in [1.807, 2.05) is 0 Å². The van der Waals surface area contributed by atoms with Crippen LogP contribution in [0.25, 0.3) is 0 Å². The molecule has 3 atom stereocenters. The highest BCUT2D eigenvalue weighted by Gasteiger charge is 2.33. The Hall–Kier alpha value is -0.375. The predicted molar refractivity (Wildman–Crippen MR) is 72.8 cm³/mol. The average molecular weight is 273 g/mol. The Balaban J connectivity index is 1.97. The normalized spacial score (nSPS) is 27.9. The maximum Gasteiger partial charge on any atom is 0.127 e. The lowest BCUT2D eigenvalue weighted by Crippen LogP contribution is -2.22. The van der Waals surface area contributed by atoms with Crippen molar-refractivity contribution < 1.29 is 9.84 Å². The zero-order valence-electron chi connectivity index (χ0n) is 9.70. The summed E-state index contributed by atoms with van der Waals surface area (Å²) in [5.41, 5.74) is 0. The summed E-state index contributed by atoms with van der Waals surface area (Å²) in [6.07, 6.45) is 0.616.